The van der Waals surface area contributed by atoms with Gasteiger partial charge in [-0.2, -0.15) is 0 Å². The van der Waals surface area contributed by atoms with Crippen molar-refractivity contribution < 1.29 is 9.53 Å². The quantitative estimate of drug-likeness (QED) is 0.552. The molecule has 130 valence electrons. The van der Waals surface area contributed by atoms with Crippen molar-refractivity contribution in [3.8, 4) is 5.75 Å². The molecule has 0 aliphatic rings. The molecule has 1 amide bonds. The van der Waals surface area contributed by atoms with Crippen LogP contribution >= 0.6 is 11.8 Å². The molecule has 0 saturated heterocycles. The van der Waals surface area contributed by atoms with E-state index in [9.17, 15) is 4.79 Å². The Bertz CT molecular complexity index is 876. The van der Waals surface area contributed by atoms with Crippen molar-refractivity contribution in [1.82, 2.24) is 0 Å². The van der Waals surface area contributed by atoms with Crippen LogP contribution in [0.25, 0.3) is 0 Å². The summed E-state index contributed by atoms with van der Waals surface area (Å²) in [5, 5.41) is 2.99. The van der Waals surface area contributed by atoms with E-state index in [2.05, 4.69) is 11.9 Å². The molecule has 0 saturated carbocycles. The molecule has 0 aliphatic carbocycles. The number of hydrogen-bond donors (Lipinski definition) is 1. The highest BCUT2D eigenvalue weighted by Crippen LogP contribution is 2.33. The number of benzene rings is 3. The summed E-state index contributed by atoms with van der Waals surface area (Å²) in [7, 11) is 0. The maximum absolute atomic E-state index is 12.6. The van der Waals surface area contributed by atoms with Crippen molar-refractivity contribution in [2.24, 2.45) is 0 Å². The molecule has 0 bridgehead atoms. The Balaban J connectivity index is 1.72. The molecule has 3 aromatic carbocycles. The van der Waals surface area contributed by atoms with Crippen LogP contribution in [-0.2, 0) is 0 Å². The van der Waals surface area contributed by atoms with Gasteiger partial charge in [-0.15, -0.1) is 0 Å². The maximum Gasteiger partial charge on any atom is 0.255 e. The first-order chi connectivity index (χ1) is 12.8. The standard InChI is InChI=1S/C22H19NO2S/c1-2-16-25-18-14-12-17(13-15-18)22(24)23-20-10-6-7-11-21(20)26-19-8-4-3-5-9-19/h2-15H,1,16H2,(H,23,24). The van der Waals surface area contributed by atoms with Crippen LogP contribution in [0.4, 0.5) is 5.69 Å². The first-order valence-corrected chi connectivity index (χ1v) is 9.05. The molecule has 26 heavy (non-hydrogen) atoms. The Hall–Kier alpha value is -2.98. The van der Waals surface area contributed by atoms with Crippen molar-refractivity contribution in [1.29, 1.82) is 0 Å². The van der Waals surface area contributed by atoms with Gasteiger partial charge in [0.2, 0.25) is 0 Å². The van der Waals surface area contributed by atoms with Crippen molar-refractivity contribution in [3.63, 3.8) is 0 Å². The zero-order valence-electron chi connectivity index (χ0n) is 14.2. The minimum Gasteiger partial charge on any atom is -0.490 e. The molecular formula is C22H19NO2S. The maximum atomic E-state index is 12.6. The molecule has 0 spiro atoms. The second-order valence-electron chi connectivity index (χ2n) is 5.49. The van der Waals surface area contributed by atoms with Crippen LogP contribution in [0.3, 0.4) is 0 Å². The minimum atomic E-state index is -0.151. The van der Waals surface area contributed by atoms with Crippen molar-refractivity contribution in [3.05, 3.63) is 97.1 Å². The second kappa shape index (κ2) is 8.92. The molecule has 0 aliphatic heterocycles. The number of hydrogen-bond acceptors (Lipinski definition) is 3. The molecule has 1 N–H and O–H groups in total. The number of ether oxygens (including phenoxy) is 1. The number of rotatable bonds is 7. The van der Waals surface area contributed by atoms with Crippen LogP contribution in [0.5, 0.6) is 5.75 Å². The average molecular weight is 361 g/mol. The van der Waals surface area contributed by atoms with E-state index in [1.165, 1.54) is 0 Å². The zero-order chi connectivity index (χ0) is 18.2. The largest absolute Gasteiger partial charge is 0.490 e. The number of anilines is 1. The van der Waals surface area contributed by atoms with Gasteiger partial charge in [0.25, 0.3) is 5.91 Å². The number of carbonyl (C=O) groups is 1. The first-order valence-electron chi connectivity index (χ1n) is 8.23. The molecule has 0 heterocycles. The Labute approximate surface area is 157 Å². The number of nitrogens with one attached hydrogen (secondary N) is 1. The van der Waals surface area contributed by atoms with Crippen molar-refractivity contribution in [2.45, 2.75) is 9.79 Å². The average Bonchev–Trinajstić information content (AvgIpc) is 2.69. The minimum absolute atomic E-state index is 0.151. The molecule has 4 heteroatoms. The smallest absolute Gasteiger partial charge is 0.255 e. The topological polar surface area (TPSA) is 38.3 Å². The van der Waals surface area contributed by atoms with Gasteiger partial charge in [0.15, 0.2) is 0 Å². The van der Waals surface area contributed by atoms with E-state index in [1.54, 1.807) is 42.1 Å². The third-order valence-electron chi connectivity index (χ3n) is 3.59. The number of amides is 1. The van der Waals surface area contributed by atoms with E-state index in [-0.39, 0.29) is 5.91 Å². The lowest BCUT2D eigenvalue weighted by Gasteiger charge is -2.11. The van der Waals surface area contributed by atoms with Crippen molar-refractivity contribution >= 4 is 23.4 Å². The van der Waals surface area contributed by atoms with Crippen LogP contribution in [-0.4, -0.2) is 12.5 Å². The number of para-hydroxylation sites is 1. The predicted octanol–water partition coefficient (Wildman–Crippen LogP) is 5.65. The first kappa shape index (κ1) is 17.8. The summed E-state index contributed by atoms with van der Waals surface area (Å²) < 4.78 is 5.44. The molecule has 0 unspecified atom stereocenters. The molecule has 0 radical (unpaired) electrons. The fourth-order valence-corrected chi connectivity index (χ4v) is 3.25. The number of carbonyl (C=O) groups excluding carboxylic acids is 1. The van der Waals surface area contributed by atoms with Gasteiger partial charge >= 0.3 is 0 Å². The highest BCUT2D eigenvalue weighted by atomic mass is 32.2. The lowest BCUT2D eigenvalue weighted by molar-refractivity contribution is 0.102. The predicted molar refractivity (Wildman–Crippen MR) is 107 cm³/mol. The van der Waals surface area contributed by atoms with Gasteiger partial charge in [0.1, 0.15) is 12.4 Å². The molecule has 0 atom stereocenters. The summed E-state index contributed by atoms with van der Waals surface area (Å²) >= 11 is 1.62. The third-order valence-corrected chi connectivity index (χ3v) is 4.67. The monoisotopic (exact) mass is 361 g/mol. The van der Waals surface area contributed by atoms with Crippen LogP contribution in [0.2, 0.25) is 0 Å². The Kier molecular flexibility index (Phi) is 6.12. The van der Waals surface area contributed by atoms with E-state index >= 15 is 0 Å². The van der Waals surface area contributed by atoms with Crippen LogP contribution in [0.1, 0.15) is 10.4 Å². The second-order valence-corrected chi connectivity index (χ2v) is 6.60. The van der Waals surface area contributed by atoms with Gasteiger partial charge in [-0.1, -0.05) is 54.7 Å². The van der Waals surface area contributed by atoms with E-state index in [0.29, 0.717) is 17.9 Å². The SMILES string of the molecule is C=CCOc1ccc(C(=O)Nc2ccccc2Sc2ccccc2)cc1. The van der Waals surface area contributed by atoms with Crippen LogP contribution < -0.4 is 10.1 Å². The Morgan fingerprint density at radius 2 is 1.65 bits per heavy atom. The molecular weight excluding hydrogens is 342 g/mol. The Morgan fingerprint density at radius 3 is 2.38 bits per heavy atom. The zero-order valence-corrected chi connectivity index (χ0v) is 15.0. The fraction of sp³-hybridized carbons (Fsp3) is 0.0455. The summed E-state index contributed by atoms with van der Waals surface area (Å²) in [6.07, 6.45) is 1.68. The molecule has 0 fully saturated rings. The highest BCUT2D eigenvalue weighted by molar-refractivity contribution is 7.99. The van der Waals surface area contributed by atoms with Gasteiger partial charge in [-0.25, -0.2) is 0 Å². The van der Waals surface area contributed by atoms with Crippen LogP contribution in [0.15, 0.2) is 101 Å². The Morgan fingerprint density at radius 1 is 0.962 bits per heavy atom. The molecule has 3 nitrogen and oxygen atoms in total. The van der Waals surface area contributed by atoms with E-state index in [1.807, 2.05) is 54.6 Å². The van der Waals surface area contributed by atoms with Gasteiger partial charge in [0.05, 0.1) is 5.69 Å². The van der Waals surface area contributed by atoms with Gasteiger partial charge in [-0.3, -0.25) is 4.79 Å². The fourth-order valence-electron chi connectivity index (χ4n) is 2.33. The highest BCUT2D eigenvalue weighted by Gasteiger charge is 2.10. The lowest BCUT2D eigenvalue weighted by atomic mass is 10.2. The van der Waals surface area contributed by atoms with E-state index in [4.69, 9.17) is 4.74 Å². The molecule has 3 rings (SSSR count). The van der Waals surface area contributed by atoms with Crippen LogP contribution in [0, 0.1) is 0 Å². The van der Waals surface area contributed by atoms with E-state index in [0.717, 1.165) is 15.5 Å². The summed E-state index contributed by atoms with van der Waals surface area (Å²) in [6, 6.07) is 24.9. The molecule has 3 aromatic rings. The van der Waals surface area contributed by atoms with E-state index < -0.39 is 0 Å². The lowest BCUT2D eigenvalue weighted by Crippen LogP contribution is -2.12. The summed E-state index contributed by atoms with van der Waals surface area (Å²) in [5.74, 6) is 0.558. The van der Waals surface area contributed by atoms with Gasteiger partial charge < -0.3 is 10.1 Å². The summed E-state index contributed by atoms with van der Waals surface area (Å²) in [6.45, 7) is 4.06. The third kappa shape index (κ3) is 4.77. The van der Waals surface area contributed by atoms with Crippen molar-refractivity contribution in [2.75, 3.05) is 11.9 Å². The summed E-state index contributed by atoms with van der Waals surface area (Å²) in [5.41, 5.74) is 1.37. The summed E-state index contributed by atoms with van der Waals surface area (Å²) in [4.78, 5) is 14.7. The normalized spacial score (nSPS) is 10.2. The molecule has 0 aromatic heterocycles. The van der Waals surface area contributed by atoms with Gasteiger partial charge in [-0.05, 0) is 48.5 Å². The van der Waals surface area contributed by atoms with Gasteiger partial charge in [0, 0.05) is 15.4 Å².